The van der Waals surface area contributed by atoms with Crippen molar-refractivity contribution in [2.24, 2.45) is 0 Å². The monoisotopic (exact) mass is 656 g/mol. The van der Waals surface area contributed by atoms with E-state index in [1.165, 1.54) is 51.4 Å². The summed E-state index contributed by atoms with van der Waals surface area (Å²) in [5.74, 6) is 0. The zero-order valence-corrected chi connectivity index (χ0v) is 34.2. The Morgan fingerprint density at radius 1 is 0.366 bits per heavy atom. The molecule has 0 aromatic rings. The Morgan fingerprint density at radius 3 is 0.732 bits per heavy atom. The summed E-state index contributed by atoms with van der Waals surface area (Å²) in [4.78, 5) is 0. The fraction of sp³-hybridized carbons (Fsp3) is 0.750. The van der Waals surface area contributed by atoms with Gasteiger partial charge in [0.25, 0.3) is 0 Å². The van der Waals surface area contributed by atoms with Gasteiger partial charge in [0.05, 0.1) is 0 Å². The Bertz CT molecular complexity index is 670. The molecule has 0 N–H and O–H groups in total. The summed E-state index contributed by atoms with van der Waals surface area (Å²) < 4.78 is 28.9. The van der Waals surface area contributed by atoms with E-state index in [0.29, 0.717) is 0 Å². The van der Waals surface area contributed by atoms with Crippen LogP contribution in [0.3, 0.4) is 0 Å². The molecule has 0 aliphatic carbocycles. The van der Waals surface area contributed by atoms with Gasteiger partial charge in [-0.15, -0.1) is 0 Å². The minimum atomic E-state index is -3.57. The summed E-state index contributed by atoms with van der Waals surface area (Å²) in [7, 11) is -12.8. The van der Waals surface area contributed by atoms with E-state index >= 15 is 0 Å². The fourth-order valence-electron chi connectivity index (χ4n) is 4.31. The third-order valence-electron chi connectivity index (χ3n) is 6.53. The summed E-state index contributed by atoms with van der Waals surface area (Å²) in [6, 6.07) is 0. The highest BCUT2D eigenvalue weighted by Crippen LogP contribution is 2.31. The van der Waals surface area contributed by atoms with Crippen molar-refractivity contribution in [1.29, 1.82) is 0 Å². The third-order valence-corrected chi connectivity index (χ3v) is 23.1. The van der Waals surface area contributed by atoms with Gasteiger partial charge in [0.2, 0.25) is 33.3 Å². The summed E-state index contributed by atoms with van der Waals surface area (Å²) in [5, 5.41) is 0. The Labute approximate surface area is 262 Å². The van der Waals surface area contributed by atoms with Crippen LogP contribution >= 0.6 is 0 Å². The van der Waals surface area contributed by atoms with Crippen molar-refractivity contribution in [2.75, 3.05) is 0 Å². The molecule has 0 atom stereocenters. The molecule has 0 aliphatic heterocycles. The molecule has 41 heavy (non-hydrogen) atoms. The lowest BCUT2D eigenvalue weighted by molar-refractivity contribution is 0.152. The minimum Gasteiger partial charge on any atom is -0.392 e. The molecule has 0 aromatic heterocycles. The van der Waals surface area contributed by atoms with Gasteiger partial charge in [0, 0.05) is 0 Å². The molecule has 0 saturated heterocycles. The number of hydrogen-bond acceptors (Lipinski definition) is 4. The molecule has 9 heteroatoms. The van der Waals surface area contributed by atoms with Crippen LogP contribution < -0.4 is 0 Å². The van der Waals surface area contributed by atoms with Crippen molar-refractivity contribution >= 4 is 42.3 Å². The van der Waals surface area contributed by atoms with E-state index in [-0.39, 0.29) is 0 Å². The predicted molar refractivity (Wildman–Crippen MR) is 195 cm³/mol. The summed E-state index contributed by atoms with van der Waals surface area (Å²) >= 11 is 0. The molecule has 4 nitrogen and oxygen atoms in total. The number of unbranched alkanes of at least 4 members (excludes halogenated alkanes) is 8. The highest BCUT2D eigenvalue weighted by molar-refractivity contribution is 6.95. The molecule has 0 rings (SSSR count). The fourth-order valence-corrected chi connectivity index (χ4v) is 21.9. The zero-order valence-electron chi connectivity index (χ0n) is 29.2. The molecule has 0 saturated carbocycles. The first-order valence-electron chi connectivity index (χ1n) is 16.6. The van der Waals surface area contributed by atoms with Gasteiger partial charge in [-0.2, -0.15) is 0 Å². The van der Waals surface area contributed by atoms with E-state index in [9.17, 15) is 0 Å². The van der Waals surface area contributed by atoms with Gasteiger partial charge in [-0.3, -0.25) is 0 Å². The van der Waals surface area contributed by atoms with Crippen molar-refractivity contribution in [3.05, 3.63) is 47.1 Å². The lowest BCUT2D eigenvalue weighted by Gasteiger charge is -2.44. The third kappa shape index (κ3) is 21.3. The molecule has 0 aliphatic rings. The quantitative estimate of drug-likeness (QED) is 0.0765. The van der Waals surface area contributed by atoms with E-state index in [1.807, 2.05) is 0 Å². The van der Waals surface area contributed by atoms with Crippen LogP contribution in [0, 0.1) is 0 Å². The van der Waals surface area contributed by atoms with Crippen LogP contribution in [0.1, 0.15) is 105 Å². The molecule has 0 heterocycles. The number of allylic oxidation sites excluding steroid dienone is 4. The zero-order chi connectivity index (χ0) is 31.5. The Balaban J connectivity index is 6.72. The normalized spacial score (nSPS) is 14.5. The number of hydrogen-bond donors (Lipinski definition) is 0. The van der Waals surface area contributed by atoms with Crippen LogP contribution in [0.15, 0.2) is 47.1 Å². The van der Waals surface area contributed by atoms with Crippen molar-refractivity contribution in [3.8, 4) is 0 Å². The minimum absolute atomic E-state index is 1.08. The van der Waals surface area contributed by atoms with Crippen molar-refractivity contribution in [2.45, 2.75) is 157 Å². The second kappa shape index (κ2) is 20.8. The van der Waals surface area contributed by atoms with Crippen LogP contribution in [0.2, 0.25) is 52.4 Å². The summed E-state index contributed by atoms with van der Waals surface area (Å²) in [5.41, 5.74) is 9.29. The topological polar surface area (TPSA) is 36.9 Å². The van der Waals surface area contributed by atoms with Crippen molar-refractivity contribution < 1.29 is 16.5 Å². The first kappa shape index (κ1) is 40.9. The molecule has 240 valence electrons. The van der Waals surface area contributed by atoms with Gasteiger partial charge in [0.1, 0.15) is 0 Å². The Morgan fingerprint density at radius 2 is 0.561 bits per heavy atom. The maximum absolute atomic E-state index is 7.22. The van der Waals surface area contributed by atoms with Gasteiger partial charge >= 0.3 is 9.05 Å². The molecule has 0 bridgehead atoms. The largest absolute Gasteiger partial charge is 0.637 e. The Hall–Kier alpha value is -0.116. The highest BCUT2D eigenvalue weighted by atomic mass is 28.5. The first-order chi connectivity index (χ1) is 19.1. The molecule has 0 amide bonds. The maximum atomic E-state index is 7.22. The molecule has 0 unspecified atom stereocenters. The smallest absolute Gasteiger partial charge is 0.392 e. The van der Waals surface area contributed by atoms with E-state index in [0.717, 1.165) is 25.7 Å². The van der Waals surface area contributed by atoms with Gasteiger partial charge < -0.3 is 16.5 Å². The van der Waals surface area contributed by atoms with E-state index in [1.54, 1.807) is 0 Å². The lowest BCUT2D eigenvalue weighted by Crippen LogP contribution is -2.66. The second-order valence-electron chi connectivity index (χ2n) is 13.5. The van der Waals surface area contributed by atoms with Crippen LogP contribution in [0.4, 0.5) is 0 Å². The molecule has 0 aromatic carbocycles. The van der Waals surface area contributed by atoms with Gasteiger partial charge in [-0.05, 0) is 78.1 Å². The van der Waals surface area contributed by atoms with Gasteiger partial charge in [-0.25, -0.2) is 0 Å². The van der Waals surface area contributed by atoms with Gasteiger partial charge in [-0.1, -0.05) is 126 Å². The summed E-state index contributed by atoms with van der Waals surface area (Å²) in [6.45, 7) is 27.0. The standard InChI is InChI=1S/C32H68O4Si5/c1-13-17-21-25-29-37(5,6)33-41(34-38(7,8)30-26-22-18-14-2,35-39(9,10)31-27-23-19-15-3)36-40(11,12)32-28-24-20-16-4/h25-32H,13-24H2,1-12H3/b29-25+,30-26+,31-27+,32-28+. The predicted octanol–water partition coefficient (Wildman–Crippen LogP) is 11.5. The molecule has 0 fully saturated rings. The van der Waals surface area contributed by atoms with Crippen LogP contribution in [0.5, 0.6) is 0 Å². The van der Waals surface area contributed by atoms with Crippen molar-refractivity contribution in [1.82, 2.24) is 0 Å². The van der Waals surface area contributed by atoms with Gasteiger partial charge in [0.15, 0.2) is 0 Å². The molecule has 0 spiro atoms. The van der Waals surface area contributed by atoms with E-state index < -0.39 is 42.3 Å². The number of rotatable bonds is 24. The molecule has 0 radical (unpaired) electrons. The highest BCUT2D eigenvalue weighted by Gasteiger charge is 2.57. The average Bonchev–Trinajstić information content (AvgIpc) is 2.83. The summed E-state index contributed by atoms with van der Waals surface area (Å²) in [6.07, 6.45) is 23.1. The van der Waals surface area contributed by atoms with Crippen LogP contribution in [-0.2, 0) is 16.5 Å². The SMILES string of the molecule is CCCC/C=C/[Si](C)(C)O[Si](O[Si](C)(C)/C=C/CCCC)(O[Si](C)(C)/C=C/CCCC)O[Si](C)(C)/C=C/CCCC. The van der Waals surface area contributed by atoms with E-state index in [2.05, 4.69) is 127 Å². The second-order valence-corrected chi connectivity index (χ2v) is 31.9. The average molecular weight is 657 g/mol. The molecular formula is C32H68O4Si5. The Kier molecular flexibility index (Phi) is 20.7. The first-order valence-corrected chi connectivity index (χ1v) is 30.2. The van der Waals surface area contributed by atoms with E-state index in [4.69, 9.17) is 16.5 Å². The van der Waals surface area contributed by atoms with Crippen molar-refractivity contribution in [3.63, 3.8) is 0 Å². The van der Waals surface area contributed by atoms with Crippen LogP contribution in [-0.4, -0.2) is 42.3 Å². The lowest BCUT2D eigenvalue weighted by atomic mass is 10.2. The maximum Gasteiger partial charge on any atom is 0.637 e. The molecular weight excluding hydrogens is 589 g/mol. The van der Waals surface area contributed by atoms with Crippen LogP contribution in [0.25, 0.3) is 0 Å².